The van der Waals surface area contributed by atoms with Crippen LogP contribution in [-0.4, -0.2) is 47.4 Å². The average molecular weight is 876 g/mol. The summed E-state index contributed by atoms with van der Waals surface area (Å²) in [5.41, 5.74) is 0. The number of aliphatic hydroxyl groups is 2. The van der Waals surface area contributed by atoms with Crippen molar-refractivity contribution in [3.05, 3.63) is 12.2 Å². The summed E-state index contributed by atoms with van der Waals surface area (Å²) in [5, 5.41) is 23.3. The molecule has 2 atom stereocenters. The second kappa shape index (κ2) is 52.2. The Morgan fingerprint density at radius 3 is 1.18 bits per heavy atom. The molecule has 0 aliphatic heterocycles. The molecule has 0 fully saturated rings. The number of aliphatic hydroxyl groups excluding tert-OH is 2. The Morgan fingerprint density at radius 1 is 0.435 bits per heavy atom. The average Bonchev–Trinajstić information content (AvgIpc) is 3.27. The number of ether oxygens (including phenoxy) is 1. The van der Waals surface area contributed by atoms with Crippen LogP contribution in [0.3, 0.4) is 0 Å². The zero-order chi connectivity index (χ0) is 45.1. The first-order valence-electron chi connectivity index (χ1n) is 27.9. The van der Waals surface area contributed by atoms with Gasteiger partial charge < -0.3 is 20.3 Å². The molecule has 0 saturated carbocycles. The number of nitrogens with one attached hydrogen (secondary N) is 1. The van der Waals surface area contributed by atoms with E-state index in [0.717, 1.165) is 51.4 Å². The molecule has 0 spiro atoms. The van der Waals surface area contributed by atoms with Crippen LogP contribution in [0.5, 0.6) is 0 Å². The highest BCUT2D eigenvalue weighted by molar-refractivity contribution is 5.76. The van der Waals surface area contributed by atoms with Crippen LogP contribution in [0, 0.1) is 0 Å². The Balaban J connectivity index is 3.45. The molecule has 2 unspecified atom stereocenters. The van der Waals surface area contributed by atoms with Crippen LogP contribution >= 0.6 is 0 Å². The molecule has 0 bridgehead atoms. The van der Waals surface area contributed by atoms with Crippen LogP contribution < -0.4 is 5.32 Å². The van der Waals surface area contributed by atoms with Crippen LogP contribution in [-0.2, 0) is 14.3 Å². The number of carbonyl (C=O) groups excluding carboxylic acids is 2. The number of hydrogen-bond donors (Lipinski definition) is 3. The van der Waals surface area contributed by atoms with Crippen molar-refractivity contribution in [1.82, 2.24) is 5.32 Å². The molecule has 3 N–H and O–H groups in total. The van der Waals surface area contributed by atoms with Gasteiger partial charge in [-0.15, -0.1) is 0 Å². The fourth-order valence-corrected chi connectivity index (χ4v) is 8.75. The fourth-order valence-electron chi connectivity index (χ4n) is 8.75. The molecule has 62 heavy (non-hydrogen) atoms. The quantitative estimate of drug-likeness (QED) is 0.0321. The lowest BCUT2D eigenvalue weighted by molar-refractivity contribution is -0.143. The second-order valence-electron chi connectivity index (χ2n) is 19.3. The van der Waals surface area contributed by atoms with Crippen molar-refractivity contribution in [3.63, 3.8) is 0 Å². The van der Waals surface area contributed by atoms with Gasteiger partial charge in [-0.1, -0.05) is 257 Å². The van der Waals surface area contributed by atoms with Crippen molar-refractivity contribution in [2.45, 2.75) is 321 Å². The van der Waals surface area contributed by atoms with E-state index < -0.39 is 12.1 Å². The molecule has 0 aromatic heterocycles. The van der Waals surface area contributed by atoms with E-state index in [1.165, 1.54) is 225 Å². The highest BCUT2D eigenvalue weighted by Crippen LogP contribution is 2.17. The molecular formula is C56H109NO5. The van der Waals surface area contributed by atoms with E-state index in [-0.39, 0.29) is 18.5 Å². The predicted molar refractivity (Wildman–Crippen MR) is 269 cm³/mol. The minimum atomic E-state index is -0.671. The van der Waals surface area contributed by atoms with Gasteiger partial charge in [0.25, 0.3) is 0 Å². The fraction of sp³-hybridized carbons (Fsp3) is 0.929. The molecule has 0 aliphatic carbocycles. The first kappa shape index (κ1) is 60.6. The molecule has 0 aliphatic rings. The van der Waals surface area contributed by atoms with Gasteiger partial charge in [0.05, 0.1) is 25.4 Å². The summed E-state index contributed by atoms with van der Waals surface area (Å²) in [4.78, 5) is 24.5. The number of carbonyl (C=O) groups is 2. The van der Waals surface area contributed by atoms with E-state index in [4.69, 9.17) is 4.74 Å². The largest absolute Gasteiger partial charge is 0.466 e. The van der Waals surface area contributed by atoms with E-state index in [1.807, 2.05) is 0 Å². The van der Waals surface area contributed by atoms with Gasteiger partial charge in [0.15, 0.2) is 0 Å². The molecule has 0 heterocycles. The molecule has 0 saturated heterocycles. The third kappa shape index (κ3) is 48.1. The van der Waals surface area contributed by atoms with E-state index in [1.54, 1.807) is 0 Å². The maximum atomic E-state index is 12.5. The predicted octanol–water partition coefficient (Wildman–Crippen LogP) is 16.9. The van der Waals surface area contributed by atoms with Crippen molar-refractivity contribution in [2.75, 3.05) is 13.2 Å². The number of unbranched alkanes of at least 4 members (excludes halogenated alkanes) is 39. The zero-order valence-electron chi connectivity index (χ0n) is 41.9. The van der Waals surface area contributed by atoms with Crippen LogP contribution in [0.2, 0.25) is 0 Å². The third-order valence-corrected chi connectivity index (χ3v) is 13.1. The normalized spacial score (nSPS) is 12.6. The summed E-state index contributed by atoms with van der Waals surface area (Å²) < 4.78 is 5.45. The smallest absolute Gasteiger partial charge is 0.305 e. The first-order chi connectivity index (χ1) is 30.5. The van der Waals surface area contributed by atoms with E-state index in [2.05, 4.69) is 31.3 Å². The van der Waals surface area contributed by atoms with Crippen LogP contribution in [0.25, 0.3) is 0 Å². The van der Waals surface area contributed by atoms with Gasteiger partial charge >= 0.3 is 5.97 Å². The number of rotatable bonds is 52. The lowest BCUT2D eigenvalue weighted by Gasteiger charge is -2.22. The summed E-state index contributed by atoms with van der Waals surface area (Å²) in [6.45, 7) is 4.92. The van der Waals surface area contributed by atoms with Crippen LogP contribution in [0.1, 0.15) is 309 Å². The van der Waals surface area contributed by atoms with Gasteiger partial charge in [-0.05, 0) is 51.4 Å². The maximum Gasteiger partial charge on any atom is 0.305 e. The zero-order valence-corrected chi connectivity index (χ0v) is 41.9. The number of esters is 1. The van der Waals surface area contributed by atoms with E-state index >= 15 is 0 Å². The number of allylic oxidation sites excluding steroid dienone is 2. The molecule has 1 amide bonds. The SMILES string of the molecule is CCCCC/C=C\CCCCCCCC(=O)OCCCCCCCCCCCCCCCCC(=O)NC(CO)C(O)CCCCCCCCCCCCCCCCCCCCC. The third-order valence-electron chi connectivity index (χ3n) is 13.1. The summed E-state index contributed by atoms with van der Waals surface area (Å²) in [6, 6.07) is -0.549. The lowest BCUT2D eigenvalue weighted by atomic mass is 10.0. The van der Waals surface area contributed by atoms with Gasteiger partial charge in [-0.2, -0.15) is 0 Å². The first-order valence-corrected chi connectivity index (χ1v) is 27.9. The van der Waals surface area contributed by atoms with Crippen molar-refractivity contribution in [1.29, 1.82) is 0 Å². The summed E-state index contributed by atoms with van der Waals surface area (Å²) >= 11 is 0. The Morgan fingerprint density at radius 2 is 0.758 bits per heavy atom. The van der Waals surface area contributed by atoms with Gasteiger partial charge in [-0.25, -0.2) is 0 Å². The van der Waals surface area contributed by atoms with Crippen molar-refractivity contribution in [3.8, 4) is 0 Å². The Bertz CT molecular complexity index is 924. The lowest BCUT2D eigenvalue weighted by Crippen LogP contribution is -2.45. The van der Waals surface area contributed by atoms with Crippen LogP contribution in [0.15, 0.2) is 12.2 Å². The minimum Gasteiger partial charge on any atom is -0.466 e. The summed E-state index contributed by atoms with van der Waals surface area (Å²) in [7, 11) is 0. The van der Waals surface area contributed by atoms with Crippen LogP contribution in [0.4, 0.5) is 0 Å². The van der Waals surface area contributed by atoms with E-state index in [0.29, 0.717) is 25.9 Å². The van der Waals surface area contributed by atoms with Gasteiger partial charge in [0, 0.05) is 12.8 Å². The van der Waals surface area contributed by atoms with Gasteiger partial charge in [0.1, 0.15) is 0 Å². The number of amides is 1. The summed E-state index contributed by atoms with van der Waals surface area (Å²) in [5.74, 6) is -0.0546. The topological polar surface area (TPSA) is 95.9 Å². The Hall–Kier alpha value is -1.40. The maximum absolute atomic E-state index is 12.5. The Labute approximate surface area is 387 Å². The van der Waals surface area contributed by atoms with Gasteiger partial charge in [0.2, 0.25) is 5.91 Å². The molecule has 0 rings (SSSR count). The monoisotopic (exact) mass is 876 g/mol. The van der Waals surface area contributed by atoms with Crippen molar-refractivity contribution < 1.29 is 24.5 Å². The number of hydrogen-bond acceptors (Lipinski definition) is 5. The van der Waals surface area contributed by atoms with Gasteiger partial charge in [-0.3, -0.25) is 9.59 Å². The molecule has 0 aromatic carbocycles. The molecule has 0 radical (unpaired) electrons. The standard InChI is InChI=1S/C56H109NO5/c1-3-5-7-9-11-13-15-17-18-19-20-21-22-25-28-32-36-40-44-48-54(59)53(52-58)57-55(60)49-45-41-37-33-29-26-23-24-27-31-35-39-43-47-51-62-56(61)50-46-42-38-34-30-16-14-12-10-8-6-4-2/h12,14,53-54,58-59H,3-11,13,15-52H2,1-2H3,(H,57,60)/b14-12-. The molecular weight excluding hydrogens is 767 g/mol. The van der Waals surface area contributed by atoms with E-state index in [9.17, 15) is 19.8 Å². The van der Waals surface area contributed by atoms with Crippen molar-refractivity contribution in [2.24, 2.45) is 0 Å². The molecule has 6 nitrogen and oxygen atoms in total. The minimum absolute atomic E-state index is 0.0115. The Kier molecular flexibility index (Phi) is 51.0. The highest BCUT2D eigenvalue weighted by Gasteiger charge is 2.20. The summed E-state index contributed by atoms with van der Waals surface area (Å²) in [6.07, 6.45) is 60.4. The van der Waals surface area contributed by atoms with Crippen molar-refractivity contribution >= 4 is 11.9 Å². The molecule has 368 valence electrons. The second-order valence-corrected chi connectivity index (χ2v) is 19.3. The molecule has 0 aromatic rings. The molecule has 6 heteroatoms. The highest BCUT2D eigenvalue weighted by atomic mass is 16.5.